The van der Waals surface area contributed by atoms with E-state index in [9.17, 15) is 4.39 Å². The molecule has 108 valence electrons. The average molecular weight is 293 g/mol. The van der Waals surface area contributed by atoms with E-state index < -0.39 is 0 Å². The van der Waals surface area contributed by atoms with Crippen LogP contribution in [0.15, 0.2) is 18.2 Å². The molecular weight excluding hydrogens is 273 g/mol. The summed E-state index contributed by atoms with van der Waals surface area (Å²) in [5.41, 5.74) is 0.870. The van der Waals surface area contributed by atoms with E-state index in [1.54, 1.807) is 12.1 Å². The Morgan fingerprint density at radius 2 is 2.35 bits per heavy atom. The monoisotopic (exact) mass is 293 g/mol. The summed E-state index contributed by atoms with van der Waals surface area (Å²) in [5, 5.41) is 4.31. The minimum atomic E-state index is -0.198. The third-order valence-electron chi connectivity index (χ3n) is 3.94. The van der Waals surface area contributed by atoms with Crippen LogP contribution in [0.1, 0.15) is 20.3 Å². The van der Waals surface area contributed by atoms with Crippen molar-refractivity contribution >= 4 is 26.7 Å². The van der Waals surface area contributed by atoms with Crippen molar-refractivity contribution in [3.05, 3.63) is 24.0 Å². The molecule has 1 aliphatic rings. The molecule has 2 aromatic rings. The lowest BCUT2D eigenvalue weighted by Gasteiger charge is -2.20. The van der Waals surface area contributed by atoms with Gasteiger partial charge in [0.15, 0.2) is 5.13 Å². The predicted molar refractivity (Wildman–Crippen MR) is 82.9 cm³/mol. The number of nitrogens with zero attached hydrogens (tertiary/aromatic N) is 2. The van der Waals surface area contributed by atoms with Crippen molar-refractivity contribution < 1.29 is 4.39 Å². The fraction of sp³-hybridized carbons (Fsp3) is 0.533. The number of hydrogen-bond acceptors (Lipinski definition) is 4. The van der Waals surface area contributed by atoms with Crippen LogP contribution in [0.25, 0.3) is 10.2 Å². The molecule has 0 radical (unpaired) electrons. The Morgan fingerprint density at radius 3 is 3.10 bits per heavy atom. The summed E-state index contributed by atoms with van der Waals surface area (Å²) in [6.45, 7) is 7.79. The van der Waals surface area contributed by atoms with E-state index >= 15 is 0 Å². The molecule has 1 aromatic heterocycles. The summed E-state index contributed by atoms with van der Waals surface area (Å²) >= 11 is 1.53. The number of thiazole rings is 1. The number of rotatable bonds is 4. The molecule has 3 rings (SSSR count). The first-order valence-electron chi connectivity index (χ1n) is 7.16. The Labute approximate surface area is 122 Å². The SMILES string of the molecule is CC(C)N1CCC(CNc2nc3ccc(F)cc3s2)C1. The maximum Gasteiger partial charge on any atom is 0.183 e. The van der Waals surface area contributed by atoms with Crippen LogP contribution in [0.2, 0.25) is 0 Å². The quantitative estimate of drug-likeness (QED) is 0.934. The van der Waals surface area contributed by atoms with Crippen LogP contribution in [0, 0.1) is 11.7 Å². The molecule has 1 atom stereocenters. The molecule has 1 aromatic carbocycles. The highest BCUT2D eigenvalue weighted by atomic mass is 32.1. The third kappa shape index (κ3) is 2.94. The Balaban J connectivity index is 1.60. The fourth-order valence-corrected chi connectivity index (χ4v) is 3.60. The van der Waals surface area contributed by atoms with Gasteiger partial charge in [0, 0.05) is 19.1 Å². The number of anilines is 1. The number of halogens is 1. The second-order valence-electron chi connectivity index (χ2n) is 5.76. The first-order valence-corrected chi connectivity index (χ1v) is 7.97. The van der Waals surface area contributed by atoms with Crippen LogP contribution >= 0.6 is 11.3 Å². The van der Waals surface area contributed by atoms with Gasteiger partial charge in [-0.15, -0.1) is 0 Å². The van der Waals surface area contributed by atoms with E-state index in [4.69, 9.17) is 0 Å². The van der Waals surface area contributed by atoms with Gasteiger partial charge in [-0.1, -0.05) is 11.3 Å². The minimum Gasteiger partial charge on any atom is -0.361 e. The first kappa shape index (κ1) is 13.8. The Morgan fingerprint density at radius 1 is 1.50 bits per heavy atom. The summed E-state index contributed by atoms with van der Waals surface area (Å²) in [7, 11) is 0. The lowest BCUT2D eigenvalue weighted by Crippen LogP contribution is -2.29. The van der Waals surface area contributed by atoms with E-state index in [0.29, 0.717) is 12.0 Å². The molecule has 5 heteroatoms. The zero-order valence-corrected chi connectivity index (χ0v) is 12.7. The molecule has 1 unspecified atom stereocenters. The van der Waals surface area contributed by atoms with Gasteiger partial charge in [0.1, 0.15) is 5.82 Å². The molecule has 1 N–H and O–H groups in total. The summed E-state index contributed by atoms with van der Waals surface area (Å²) in [6, 6.07) is 5.38. The predicted octanol–water partition coefficient (Wildman–Crippen LogP) is 3.58. The number of benzene rings is 1. The van der Waals surface area contributed by atoms with Gasteiger partial charge in [-0.25, -0.2) is 9.37 Å². The molecule has 1 aliphatic heterocycles. The Bertz CT molecular complexity index is 596. The van der Waals surface area contributed by atoms with Crippen molar-refractivity contribution in [2.75, 3.05) is 25.0 Å². The largest absolute Gasteiger partial charge is 0.361 e. The van der Waals surface area contributed by atoms with Crippen molar-refractivity contribution in [2.24, 2.45) is 5.92 Å². The number of aromatic nitrogens is 1. The normalized spacial score (nSPS) is 20.1. The van der Waals surface area contributed by atoms with E-state index in [-0.39, 0.29) is 5.82 Å². The third-order valence-corrected chi connectivity index (χ3v) is 4.92. The smallest absolute Gasteiger partial charge is 0.183 e. The summed E-state index contributed by atoms with van der Waals surface area (Å²) in [6.07, 6.45) is 1.24. The van der Waals surface area contributed by atoms with Crippen molar-refractivity contribution in [2.45, 2.75) is 26.3 Å². The fourth-order valence-electron chi connectivity index (χ4n) is 2.70. The molecule has 0 aliphatic carbocycles. The van der Waals surface area contributed by atoms with E-state index in [2.05, 4.69) is 29.0 Å². The van der Waals surface area contributed by atoms with Gasteiger partial charge in [-0.3, -0.25) is 0 Å². The number of hydrogen-bond donors (Lipinski definition) is 1. The number of likely N-dealkylation sites (tertiary alicyclic amines) is 1. The van der Waals surface area contributed by atoms with Crippen LogP contribution in [-0.4, -0.2) is 35.6 Å². The topological polar surface area (TPSA) is 28.2 Å². The van der Waals surface area contributed by atoms with E-state index in [1.165, 1.54) is 30.4 Å². The molecule has 0 spiro atoms. The average Bonchev–Trinajstić information content (AvgIpc) is 3.01. The molecule has 2 heterocycles. The first-order chi connectivity index (χ1) is 9.61. The highest BCUT2D eigenvalue weighted by molar-refractivity contribution is 7.22. The molecule has 1 fully saturated rings. The maximum absolute atomic E-state index is 13.1. The summed E-state index contributed by atoms with van der Waals surface area (Å²) in [4.78, 5) is 7.01. The molecule has 0 amide bonds. The van der Waals surface area contributed by atoms with Gasteiger partial charge < -0.3 is 10.2 Å². The Kier molecular flexibility index (Phi) is 3.89. The van der Waals surface area contributed by atoms with Gasteiger partial charge in [0.05, 0.1) is 10.2 Å². The standard InChI is InChI=1S/C15H20FN3S/c1-10(2)19-6-5-11(9-19)8-17-15-18-13-4-3-12(16)7-14(13)20-15/h3-4,7,10-11H,5-6,8-9H2,1-2H3,(H,17,18). The molecule has 0 bridgehead atoms. The molecule has 0 saturated carbocycles. The minimum absolute atomic E-state index is 0.198. The second-order valence-corrected chi connectivity index (χ2v) is 6.79. The van der Waals surface area contributed by atoms with E-state index in [1.807, 2.05) is 0 Å². The summed E-state index contributed by atoms with van der Waals surface area (Å²) in [5.74, 6) is 0.484. The van der Waals surface area contributed by atoms with E-state index in [0.717, 1.165) is 28.4 Å². The molecular formula is C15H20FN3S. The van der Waals surface area contributed by atoms with Crippen molar-refractivity contribution in [3.8, 4) is 0 Å². The molecule has 3 nitrogen and oxygen atoms in total. The number of nitrogens with one attached hydrogen (secondary N) is 1. The van der Waals surface area contributed by atoms with Crippen molar-refractivity contribution in [1.82, 2.24) is 9.88 Å². The van der Waals surface area contributed by atoms with Crippen LogP contribution in [-0.2, 0) is 0 Å². The number of fused-ring (bicyclic) bond motifs is 1. The van der Waals surface area contributed by atoms with Crippen LogP contribution in [0.4, 0.5) is 9.52 Å². The lowest BCUT2D eigenvalue weighted by atomic mass is 10.1. The zero-order valence-electron chi connectivity index (χ0n) is 11.9. The zero-order chi connectivity index (χ0) is 14.1. The maximum atomic E-state index is 13.1. The van der Waals surface area contributed by atoms with Gasteiger partial charge in [0.25, 0.3) is 0 Å². The Hall–Kier alpha value is -1.20. The molecule has 20 heavy (non-hydrogen) atoms. The van der Waals surface area contributed by atoms with Gasteiger partial charge in [-0.2, -0.15) is 0 Å². The van der Waals surface area contributed by atoms with Gasteiger partial charge >= 0.3 is 0 Å². The second kappa shape index (κ2) is 5.66. The van der Waals surface area contributed by atoms with Gasteiger partial charge in [0.2, 0.25) is 0 Å². The van der Waals surface area contributed by atoms with Gasteiger partial charge in [-0.05, 0) is 50.9 Å². The van der Waals surface area contributed by atoms with Crippen LogP contribution < -0.4 is 5.32 Å². The van der Waals surface area contributed by atoms with Crippen LogP contribution in [0.5, 0.6) is 0 Å². The highest BCUT2D eigenvalue weighted by Gasteiger charge is 2.24. The van der Waals surface area contributed by atoms with Crippen LogP contribution in [0.3, 0.4) is 0 Å². The lowest BCUT2D eigenvalue weighted by molar-refractivity contribution is 0.266. The van der Waals surface area contributed by atoms with Crippen molar-refractivity contribution in [1.29, 1.82) is 0 Å². The summed E-state index contributed by atoms with van der Waals surface area (Å²) < 4.78 is 14.1. The van der Waals surface area contributed by atoms with Crippen molar-refractivity contribution in [3.63, 3.8) is 0 Å². The highest BCUT2D eigenvalue weighted by Crippen LogP contribution is 2.27. The molecule has 1 saturated heterocycles.